The van der Waals surface area contributed by atoms with Crippen LogP contribution >= 0.6 is 11.6 Å². The highest BCUT2D eigenvalue weighted by molar-refractivity contribution is 7.90. The molecule has 1 amide bonds. The van der Waals surface area contributed by atoms with Crippen LogP contribution in [-0.4, -0.2) is 107 Å². The van der Waals surface area contributed by atoms with Crippen molar-refractivity contribution in [1.29, 1.82) is 0 Å². The van der Waals surface area contributed by atoms with Gasteiger partial charge in [-0.15, -0.1) is 0 Å². The number of anilines is 1. The highest BCUT2D eigenvalue weighted by Gasteiger charge is 2.50. The first-order chi connectivity index (χ1) is 25.9. The van der Waals surface area contributed by atoms with E-state index in [-0.39, 0.29) is 23.3 Å². The SMILES string of the molecule is CO[C@]1(CN2CCN3CC[C@@H](F)CC3C2)/C=C/C[C@H](C)[C@@H](C)S(=O)(=O)NC(=O)c2ccc3c(c2)N(C[C@@H]2CC[C@H]21)C[C@@]1(CCCc2cc(Cl)ccc21)CO3. The van der Waals surface area contributed by atoms with Crippen LogP contribution in [0.2, 0.25) is 5.02 Å². The van der Waals surface area contributed by atoms with E-state index in [0.717, 1.165) is 75.5 Å². The Labute approximate surface area is 325 Å². The fourth-order valence-electron chi connectivity index (χ4n) is 10.5. The van der Waals surface area contributed by atoms with E-state index in [0.29, 0.717) is 56.2 Å². The maximum Gasteiger partial charge on any atom is 0.264 e. The summed E-state index contributed by atoms with van der Waals surface area (Å²) in [5, 5.41) is -0.0699. The first-order valence-electron chi connectivity index (χ1n) is 20.1. The summed E-state index contributed by atoms with van der Waals surface area (Å²) in [4.78, 5) is 21.0. The van der Waals surface area contributed by atoms with Gasteiger partial charge < -0.3 is 14.4 Å². The predicted octanol–water partition coefficient (Wildman–Crippen LogP) is 6.39. The molecule has 1 spiro atoms. The highest BCUT2D eigenvalue weighted by Crippen LogP contribution is 2.49. The average Bonchev–Trinajstić information content (AvgIpc) is 3.28. The second-order valence-corrected chi connectivity index (χ2v) is 19.7. The first-order valence-corrected chi connectivity index (χ1v) is 22.0. The second-order valence-electron chi connectivity index (χ2n) is 17.2. The topological polar surface area (TPSA) is 91.4 Å². The molecule has 8 atom stereocenters. The zero-order chi connectivity index (χ0) is 37.8. The van der Waals surface area contributed by atoms with Gasteiger partial charge in [-0.1, -0.05) is 36.7 Å². The van der Waals surface area contributed by atoms with Crippen molar-refractivity contribution in [3.05, 3.63) is 70.3 Å². The molecule has 54 heavy (non-hydrogen) atoms. The number of carbonyl (C=O) groups excluding carboxylic acids is 1. The number of sulfonamides is 1. The number of amides is 1. The quantitative estimate of drug-likeness (QED) is 0.359. The Morgan fingerprint density at radius 2 is 1.93 bits per heavy atom. The van der Waals surface area contributed by atoms with E-state index in [2.05, 4.69) is 43.7 Å². The minimum absolute atomic E-state index is 0.203. The second kappa shape index (κ2) is 15.0. The first kappa shape index (κ1) is 38.2. The molecule has 0 radical (unpaired) electrons. The van der Waals surface area contributed by atoms with E-state index in [1.165, 1.54) is 11.1 Å². The van der Waals surface area contributed by atoms with Crippen molar-refractivity contribution in [2.75, 3.05) is 64.4 Å². The van der Waals surface area contributed by atoms with Crippen molar-refractivity contribution in [1.82, 2.24) is 14.5 Å². The van der Waals surface area contributed by atoms with Gasteiger partial charge in [0.15, 0.2) is 0 Å². The summed E-state index contributed by atoms with van der Waals surface area (Å²) >= 11 is 6.50. The summed E-state index contributed by atoms with van der Waals surface area (Å²) in [5.74, 6) is 0.306. The number of methoxy groups -OCH3 is 1. The lowest BCUT2D eigenvalue weighted by Crippen LogP contribution is -2.62. The number of aryl methyl sites for hydroxylation is 1. The number of halogens is 2. The summed E-state index contributed by atoms with van der Waals surface area (Å²) in [7, 11) is -2.16. The number of rotatable bonds is 3. The number of hydrogen-bond acceptors (Lipinski definition) is 8. The van der Waals surface area contributed by atoms with Crippen LogP contribution in [0.5, 0.6) is 5.75 Å². The minimum atomic E-state index is -3.98. The van der Waals surface area contributed by atoms with Gasteiger partial charge in [-0.3, -0.25) is 14.6 Å². The van der Waals surface area contributed by atoms with E-state index in [1.807, 2.05) is 32.2 Å². The Kier molecular flexibility index (Phi) is 10.6. The fourth-order valence-corrected chi connectivity index (χ4v) is 12.0. The molecule has 6 aliphatic rings. The molecule has 2 aromatic carbocycles. The minimum Gasteiger partial charge on any atom is -0.490 e. The molecule has 294 valence electrons. The third-order valence-electron chi connectivity index (χ3n) is 14.0. The van der Waals surface area contributed by atoms with Crippen LogP contribution in [-0.2, 0) is 26.6 Å². The Hall–Kier alpha value is -2.70. The Bertz CT molecular complexity index is 1880. The van der Waals surface area contributed by atoms with E-state index < -0.39 is 33.0 Å². The Balaban J connectivity index is 1.18. The zero-order valence-electron chi connectivity index (χ0n) is 31.9. The van der Waals surface area contributed by atoms with E-state index in [1.54, 1.807) is 13.0 Å². The number of nitrogens with one attached hydrogen (secondary N) is 1. The Morgan fingerprint density at radius 1 is 1.07 bits per heavy atom. The third-order valence-corrected chi connectivity index (χ3v) is 16.2. The molecule has 2 aliphatic carbocycles. The molecule has 1 saturated carbocycles. The number of fused-ring (bicyclic) bond motifs is 5. The standard InChI is InChI=1S/C42H56ClFN4O5S/c1-28-6-4-16-42(52-3,26-46-18-19-47-17-14-34(44)22-35(47)24-46)37-11-8-32(37)23-48-25-41(15-5-7-30-20-33(43)10-12-36(30)41)27-53-39-13-9-31(21-38(39)48)40(49)45-54(50,51)29(28)2/h4,9-10,12-13,16,20-21,28-29,32,34-35,37H,5-8,11,14-15,17-19,22-27H2,1-3H3,(H,45,49)/b16-4+/t28-,29+,32-,34+,35?,37+,41-,42-/m0/s1. The molecule has 4 heterocycles. The fraction of sp³-hybridized carbons (Fsp3) is 0.643. The van der Waals surface area contributed by atoms with Crippen LogP contribution in [0.15, 0.2) is 48.6 Å². The van der Waals surface area contributed by atoms with Crippen LogP contribution < -0.4 is 14.4 Å². The molecule has 12 heteroatoms. The van der Waals surface area contributed by atoms with Crippen molar-refractivity contribution in [3.8, 4) is 5.75 Å². The smallest absolute Gasteiger partial charge is 0.264 e. The van der Waals surface area contributed by atoms with Gasteiger partial charge in [-0.25, -0.2) is 17.5 Å². The number of nitrogens with zero attached hydrogens (tertiary/aromatic N) is 3. The summed E-state index contributed by atoms with van der Waals surface area (Å²) < 4.78 is 57.6. The number of alkyl halides is 1. The number of piperazine rings is 1. The molecular weight excluding hydrogens is 727 g/mol. The number of carbonyl (C=O) groups is 1. The molecule has 2 bridgehead atoms. The zero-order valence-corrected chi connectivity index (χ0v) is 33.5. The maximum absolute atomic E-state index is 14.6. The van der Waals surface area contributed by atoms with Crippen LogP contribution in [0.3, 0.4) is 0 Å². The highest BCUT2D eigenvalue weighted by atomic mass is 35.5. The van der Waals surface area contributed by atoms with Gasteiger partial charge in [0.25, 0.3) is 5.91 Å². The van der Waals surface area contributed by atoms with Crippen molar-refractivity contribution < 1.29 is 27.1 Å². The molecule has 1 N–H and O–H groups in total. The van der Waals surface area contributed by atoms with Crippen LogP contribution in [0.25, 0.3) is 0 Å². The van der Waals surface area contributed by atoms with Gasteiger partial charge in [0.1, 0.15) is 17.5 Å². The van der Waals surface area contributed by atoms with Crippen molar-refractivity contribution >= 4 is 33.2 Å². The van der Waals surface area contributed by atoms with E-state index in [9.17, 15) is 17.6 Å². The molecule has 2 saturated heterocycles. The van der Waals surface area contributed by atoms with Crippen molar-refractivity contribution in [2.45, 2.75) is 93.7 Å². The van der Waals surface area contributed by atoms with Gasteiger partial charge in [-0.05, 0) is 118 Å². The molecular formula is C42H56ClFN4O5S. The van der Waals surface area contributed by atoms with Crippen LogP contribution in [0, 0.1) is 17.8 Å². The lowest BCUT2D eigenvalue weighted by atomic mass is 9.63. The molecule has 2 aromatic rings. The van der Waals surface area contributed by atoms with E-state index in [4.69, 9.17) is 21.1 Å². The van der Waals surface area contributed by atoms with Gasteiger partial charge in [-0.2, -0.15) is 0 Å². The molecule has 0 aromatic heterocycles. The summed E-state index contributed by atoms with van der Waals surface area (Å²) in [5.41, 5.74) is 2.72. The predicted molar refractivity (Wildman–Crippen MR) is 211 cm³/mol. The number of benzene rings is 2. The van der Waals surface area contributed by atoms with Gasteiger partial charge in [0.2, 0.25) is 10.0 Å². The number of allylic oxidation sites excluding steroid dienone is 1. The number of hydrogen-bond donors (Lipinski definition) is 1. The van der Waals surface area contributed by atoms with Crippen molar-refractivity contribution in [3.63, 3.8) is 0 Å². The molecule has 9 nitrogen and oxygen atoms in total. The lowest BCUT2D eigenvalue weighted by Gasteiger charge is -2.53. The molecule has 4 aliphatic heterocycles. The van der Waals surface area contributed by atoms with Crippen molar-refractivity contribution in [2.24, 2.45) is 17.8 Å². The van der Waals surface area contributed by atoms with Crippen LogP contribution in [0.4, 0.5) is 10.1 Å². The average molecular weight is 783 g/mol. The molecule has 3 fully saturated rings. The monoisotopic (exact) mass is 782 g/mol. The molecule has 8 rings (SSSR count). The summed E-state index contributed by atoms with van der Waals surface area (Å²) in [6, 6.07) is 11.8. The molecule has 1 unspecified atom stereocenters. The van der Waals surface area contributed by atoms with Crippen LogP contribution in [0.1, 0.15) is 80.3 Å². The lowest BCUT2D eigenvalue weighted by molar-refractivity contribution is -0.101. The third kappa shape index (κ3) is 7.21. The largest absolute Gasteiger partial charge is 0.490 e. The Morgan fingerprint density at radius 3 is 2.72 bits per heavy atom. The van der Waals surface area contributed by atoms with Gasteiger partial charge in [0, 0.05) is 75.0 Å². The van der Waals surface area contributed by atoms with Gasteiger partial charge in [0.05, 0.1) is 17.5 Å². The normalized spacial score (nSPS) is 36.4. The van der Waals surface area contributed by atoms with E-state index >= 15 is 0 Å². The summed E-state index contributed by atoms with van der Waals surface area (Å²) in [6.07, 6.45) is 10.3. The number of piperidine rings is 1. The number of ether oxygens (including phenoxy) is 2. The summed E-state index contributed by atoms with van der Waals surface area (Å²) in [6.45, 7) is 9.68. The maximum atomic E-state index is 14.6. The van der Waals surface area contributed by atoms with Gasteiger partial charge >= 0.3 is 0 Å².